The molecule has 2 heterocycles. The van der Waals surface area contributed by atoms with Gasteiger partial charge in [-0.15, -0.1) is 0 Å². The predicted molar refractivity (Wildman–Crippen MR) is 105 cm³/mol. The van der Waals surface area contributed by atoms with Gasteiger partial charge in [0.25, 0.3) is 0 Å². The van der Waals surface area contributed by atoms with Crippen LogP contribution in [-0.4, -0.2) is 54.2 Å². The number of nitrogens with zero attached hydrogens (tertiary/aromatic N) is 3. The molecule has 3 N–H and O–H groups in total. The molecule has 0 bridgehead atoms. The topological polar surface area (TPSA) is 82.7 Å². The summed E-state index contributed by atoms with van der Waals surface area (Å²) in [6, 6.07) is 11.8. The molecule has 1 aromatic heterocycles. The largest absolute Gasteiger partial charge is 0.390 e. The van der Waals surface area contributed by atoms with E-state index in [1.165, 1.54) is 11.1 Å². The number of carbonyl (C=O) groups is 1. The number of hydrogen-bond acceptors (Lipinski definition) is 5. The number of amides is 1. The number of aliphatic hydroxyl groups is 1. The van der Waals surface area contributed by atoms with Gasteiger partial charge in [-0.3, -0.25) is 4.79 Å². The van der Waals surface area contributed by atoms with Crippen molar-refractivity contribution < 1.29 is 9.90 Å². The van der Waals surface area contributed by atoms with Crippen LogP contribution < -0.4 is 10.6 Å². The van der Waals surface area contributed by atoms with Gasteiger partial charge < -0.3 is 20.6 Å². The normalized spacial score (nSPS) is 23.6. The van der Waals surface area contributed by atoms with Gasteiger partial charge in [0.05, 0.1) is 12.1 Å². The fourth-order valence-electron chi connectivity index (χ4n) is 4.85. The molecule has 6 heteroatoms. The van der Waals surface area contributed by atoms with Crippen LogP contribution in [-0.2, 0) is 5.41 Å². The summed E-state index contributed by atoms with van der Waals surface area (Å²) in [4.78, 5) is 20.2. The molecule has 2 aliphatic rings. The van der Waals surface area contributed by atoms with Crippen LogP contribution in [0.1, 0.15) is 40.4 Å². The number of fused-ring (bicyclic) bond motifs is 2. The number of pyridine rings is 1. The highest BCUT2D eigenvalue weighted by molar-refractivity contribution is 5.93. The van der Waals surface area contributed by atoms with E-state index in [0.717, 1.165) is 31.7 Å². The molecule has 1 aromatic carbocycles. The van der Waals surface area contributed by atoms with Crippen LogP contribution in [0.5, 0.6) is 0 Å². The van der Waals surface area contributed by atoms with Gasteiger partial charge in [0, 0.05) is 30.3 Å². The fourth-order valence-corrected chi connectivity index (χ4v) is 4.85. The molecule has 1 saturated heterocycles. The van der Waals surface area contributed by atoms with E-state index in [0.29, 0.717) is 5.56 Å². The molecule has 0 saturated carbocycles. The summed E-state index contributed by atoms with van der Waals surface area (Å²) in [6.07, 6.45) is 2.88. The van der Waals surface area contributed by atoms with Crippen molar-refractivity contribution in [3.63, 3.8) is 0 Å². The molecule has 1 fully saturated rings. The van der Waals surface area contributed by atoms with Gasteiger partial charge in [0.15, 0.2) is 0 Å². The van der Waals surface area contributed by atoms with Crippen LogP contribution in [0.2, 0.25) is 0 Å². The lowest BCUT2D eigenvalue weighted by molar-refractivity contribution is 0.0166. The summed E-state index contributed by atoms with van der Waals surface area (Å²) in [7, 11) is 4.05. The number of anilines is 1. The van der Waals surface area contributed by atoms with Gasteiger partial charge in [-0.1, -0.05) is 24.3 Å². The van der Waals surface area contributed by atoms with Crippen LogP contribution in [0.4, 0.5) is 5.82 Å². The molecular weight excluding hydrogens is 340 g/mol. The van der Waals surface area contributed by atoms with Gasteiger partial charge in [0.1, 0.15) is 5.82 Å². The standard InChI is InChI=1S/C21H26N4O2/c1-24(2)18-15-5-3-4-6-16(15)21(19(18)26)8-11-25(12-9-21)17-13-14(20(22)27)7-10-23-17/h3-7,10,13,18-19,26H,8-9,11-12H2,1-2H3,(H2,22,27)/t18-,19+/m1/s1. The number of carbonyl (C=O) groups excluding carboxylic acids is 1. The lowest BCUT2D eigenvalue weighted by atomic mass is 9.72. The summed E-state index contributed by atoms with van der Waals surface area (Å²) in [5, 5.41) is 11.3. The highest BCUT2D eigenvalue weighted by Crippen LogP contribution is 2.52. The Morgan fingerprint density at radius 3 is 2.63 bits per heavy atom. The Labute approximate surface area is 159 Å². The SMILES string of the molecule is CN(C)[C@@H]1c2ccccc2C2(CCN(c3cc(C(N)=O)ccn3)CC2)[C@H]1O. The summed E-state index contributed by atoms with van der Waals surface area (Å²) >= 11 is 0. The van der Waals surface area contributed by atoms with Gasteiger partial charge in [0.2, 0.25) is 5.91 Å². The molecule has 6 nitrogen and oxygen atoms in total. The maximum Gasteiger partial charge on any atom is 0.248 e. The van der Waals surface area contributed by atoms with E-state index < -0.39 is 12.0 Å². The Morgan fingerprint density at radius 1 is 1.26 bits per heavy atom. The number of primary amides is 1. The van der Waals surface area contributed by atoms with E-state index in [9.17, 15) is 9.90 Å². The number of aliphatic hydroxyl groups excluding tert-OH is 1. The second-order valence-corrected chi connectivity index (χ2v) is 7.85. The quantitative estimate of drug-likeness (QED) is 0.864. The number of hydrogen-bond donors (Lipinski definition) is 2. The first-order valence-electron chi connectivity index (χ1n) is 9.39. The third-order valence-electron chi connectivity index (χ3n) is 6.25. The van der Waals surface area contributed by atoms with Gasteiger partial charge >= 0.3 is 0 Å². The van der Waals surface area contributed by atoms with E-state index in [1.807, 2.05) is 14.1 Å². The first-order chi connectivity index (χ1) is 12.9. The molecule has 1 aliphatic heterocycles. The molecule has 4 rings (SSSR count). The second-order valence-electron chi connectivity index (χ2n) is 7.85. The number of benzene rings is 1. The maximum atomic E-state index is 11.5. The Bertz CT molecular complexity index is 859. The molecule has 27 heavy (non-hydrogen) atoms. The van der Waals surface area contributed by atoms with E-state index in [2.05, 4.69) is 39.0 Å². The maximum absolute atomic E-state index is 11.5. The summed E-state index contributed by atoms with van der Waals surface area (Å²) in [5.41, 5.74) is 8.14. The minimum Gasteiger partial charge on any atom is -0.390 e. The Morgan fingerprint density at radius 2 is 1.96 bits per heavy atom. The van der Waals surface area contributed by atoms with Crippen LogP contribution in [0, 0.1) is 0 Å². The van der Waals surface area contributed by atoms with Gasteiger partial charge in [-0.2, -0.15) is 0 Å². The zero-order valence-corrected chi connectivity index (χ0v) is 15.8. The number of nitrogens with two attached hydrogens (primary N) is 1. The van der Waals surface area contributed by atoms with Crippen molar-refractivity contribution in [1.29, 1.82) is 0 Å². The van der Waals surface area contributed by atoms with Crippen LogP contribution in [0.15, 0.2) is 42.6 Å². The molecule has 0 radical (unpaired) electrons. The Kier molecular flexibility index (Phi) is 4.40. The van der Waals surface area contributed by atoms with E-state index in [1.54, 1.807) is 18.3 Å². The number of rotatable bonds is 3. The number of piperidine rings is 1. The molecule has 0 unspecified atom stereocenters. The second kappa shape index (κ2) is 6.62. The third-order valence-corrected chi connectivity index (χ3v) is 6.25. The van der Waals surface area contributed by atoms with Crippen LogP contribution in [0.3, 0.4) is 0 Å². The molecule has 142 valence electrons. The van der Waals surface area contributed by atoms with Crippen molar-refractivity contribution >= 4 is 11.7 Å². The van der Waals surface area contributed by atoms with Crippen molar-refractivity contribution in [2.75, 3.05) is 32.1 Å². The Hall–Kier alpha value is -2.44. The average molecular weight is 366 g/mol. The van der Waals surface area contributed by atoms with E-state index in [4.69, 9.17) is 5.73 Å². The van der Waals surface area contributed by atoms with Crippen molar-refractivity contribution in [2.24, 2.45) is 5.73 Å². The first kappa shape index (κ1) is 17.9. The zero-order chi connectivity index (χ0) is 19.2. The minimum absolute atomic E-state index is 0.0177. The Balaban J connectivity index is 1.62. The molecule has 1 aliphatic carbocycles. The van der Waals surface area contributed by atoms with Crippen molar-refractivity contribution in [2.45, 2.75) is 30.4 Å². The summed E-state index contributed by atoms with van der Waals surface area (Å²) < 4.78 is 0. The van der Waals surface area contributed by atoms with Crippen LogP contribution in [0.25, 0.3) is 0 Å². The summed E-state index contributed by atoms with van der Waals surface area (Å²) in [5.74, 6) is 0.326. The molecule has 1 spiro atoms. The average Bonchev–Trinajstić information content (AvgIpc) is 2.91. The first-order valence-corrected chi connectivity index (χ1v) is 9.39. The lowest BCUT2D eigenvalue weighted by Crippen LogP contribution is -2.49. The number of aromatic nitrogens is 1. The molecule has 2 aromatic rings. The molecule has 1 amide bonds. The minimum atomic E-state index is -0.443. The van der Waals surface area contributed by atoms with Crippen molar-refractivity contribution in [1.82, 2.24) is 9.88 Å². The highest BCUT2D eigenvalue weighted by atomic mass is 16.3. The molecular formula is C21H26N4O2. The van der Waals surface area contributed by atoms with Gasteiger partial charge in [-0.05, 0) is 50.2 Å². The molecule has 2 atom stereocenters. The summed E-state index contributed by atoms with van der Waals surface area (Å²) in [6.45, 7) is 1.56. The third kappa shape index (κ3) is 2.80. The van der Waals surface area contributed by atoms with Crippen molar-refractivity contribution in [3.05, 3.63) is 59.3 Å². The van der Waals surface area contributed by atoms with E-state index in [-0.39, 0.29) is 11.5 Å². The lowest BCUT2D eigenvalue weighted by Gasteiger charge is -2.43. The van der Waals surface area contributed by atoms with Crippen molar-refractivity contribution in [3.8, 4) is 0 Å². The fraction of sp³-hybridized carbons (Fsp3) is 0.429. The van der Waals surface area contributed by atoms with Gasteiger partial charge in [-0.25, -0.2) is 4.98 Å². The van der Waals surface area contributed by atoms with E-state index >= 15 is 0 Å². The highest BCUT2D eigenvalue weighted by Gasteiger charge is 2.53. The monoisotopic (exact) mass is 366 g/mol. The van der Waals surface area contributed by atoms with Crippen LogP contribution >= 0.6 is 0 Å². The number of likely N-dealkylation sites (N-methyl/N-ethyl adjacent to an activating group) is 1. The zero-order valence-electron chi connectivity index (χ0n) is 15.8. The predicted octanol–water partition coefficient (Wildman–Crippen LogP) is 1.70. The smallest absolute Gasteiger partial charge is 0.248 e.